The molecule has 31 heteroatoms. The van der Waals surface area contributed by atoms with Crippen LogP contribution in [0.1, 0.15) is 105 Å². The number of hydrogen-bond acceptors (Lipinski definition) is 20. The number of anilines is 2. The molecule has 0 bridgehead atoms. The molecular formula is C54H60N14O17. The number of nitrogens with one attached hydrogen (secondary N) is 5. The Labute approximate surface area is 481 Å². The van der Waals surface area contributed by atoms with Crippen LogP contribution in [0.15, 0.2) is 57.4 Å². The minimum absolute atomic E-state index is 0.0128. The van der Waals surface area contributed by atoms with Gasteiger partial charge < -0.3 is 64.7 Å². The van der Waals surface area contributed by atoms with Gasteiger partial charge in [0.2, 0.25) is 53.0 Å². The third kappa shape index (κ3) is 15.0. The van der Waals surface area contributed by atoms with Crippen LogP contribution >= 0.6 is 0 Å². The smallest absolute Gasteiger partial charge is 0.328 e. The summed E-state index contributed by atoms with van der Waals surface area (Å²) in [6.45, 7) is 6.24. The predicted octanol–water partition coefficient (Wildman–Crippen LogP) is 1.28. The maximum atomic E-state index is 13.9. The van der Waals surface area contributed by atoms with E-state index in [0.717, 1.165) is 12.2 Å². The largest absolute Gasteiger partial charge is 0.494 e. The van der Waals surface area contributed by atoms with Crippen molar-refractivity contribution < 1.29 is 80.9 Å². The second-order valence-corrected chi connectivity index (χ2v) is 18.8. The van der Waals surface area contributed by atoms with E-state index in [1.54, 1.807) is 42.1 Å². The molecule has 0 saturated carbocycles. The topological polar surface area (TPSA) is 439 Å². The van der Waals surface area contributed by atoms with Gasteiger partial charge in [-0.25, -0.2) is 24.7 Å². The fourth-order valence-electron chi connectivity index (χ4n) is 8.70. The standard InChI is InChI=1S/C54H60N14O17/c1-7-31-45(84-27(4)59-31)50(78)64-53-62-34-20-29(47(55)75)22-36(81-6)43(34)66(53)16-9-10-17-67-44-35(63-54(67)65-51(79)46-32(8-2)60-28(5)85-46)21-30(48(56)76)23-37(44)82-18-11-19-83-52(80)26(3)58-38(69)24-57-49(77)33(12-15-42(73)74)61-39(70)25-68-40(71)13-14-41(68)72/h9-10,13-14,20-23,26,33H,7-8,11-12,15-19,24-25H2,1-6H3,(H2,55,75)(H2,56,76)(H,57,77)(H,58,69)(H,61,70)(H,73,74)(H,62,64,78)(H,63,65,79)/b10-9+/t26-,33?/m1/s1. The number of hydrogen-bond donors (Lipinski definition) is 8. The number of nitrogens with zero attached hydrogens (tertiary/aromatic N) is 7. The number of rotatable bonds is 29. The number of primary amides is 2. The molecular weight excluding hydrogens is 1120 g/mol. The summed E-state index contributed by atoms with van der Waals surface area (Å²) in [6, 6.07) is 2.93. The van der Waals surface area contributed by atoms with Crippen LogP contribution in [0.4, 0.5) is 11.9 Å². The molecule has 1 unspecified atom stereocenters. The van der Waals surface area contributed by atoms with Gasteiger partial charge in [0.05, 0.1) is 49.3 Å². The first-order chi connectivity index (χ1) is 40.5. The molecule has 85 heavy (non-hydrogen) atoms. The molecule has 9 amide bonds. The molecule has 1 aliphatic heterocycles. The third-order valence-corrected chi connectivity index (χ3v) is 12.7. The van der Waals surface area contributed by atoms with Crippen LogP contribution in [0, 0.1) is 13.8 Å². The lowest BCUT2D eigenvalue weighted by atomic mass is 10.1. The van der Waals surface area contributed by atoms with Crippen molar-refractivity contribution >= 4 is 99.1 Å². The number of esters is 1. The fourth-order valence-corrected chi connectivity index (χ4v) is 8.70. The lowest BCUT2D eigenvalue weighted by Gasteiger charge is -2.20. The third-order valence-electron chi connectivity index (χ3n) is 12.7. The zero-order valence-corrected chi connectivity index (χ0v) is 46.8. The minimum Gasteiger partial charge on any atom is -0.494 e. The van der Waals surface area contributed by atoms with Crippen molar-refractivity contribution in [2.24, 2.45) is 11.5 Å². The van der Waals surface area contributed by atoms with Gasteiger partial charge in [-0.2, -0.15) is 0 Å². The summed E-state index contributed by atoms with van der Waals surface area (Å²) in [4.78, 5) is 157. The number of oxazole rings is 2. The molecule has 5 heterocycles. The number of carbonyl (C=O) groups is 11. The number of imide groups is 1. The zero-order chi connectivity index (χ0) is 61.8. The van der Waals surface area contributed by atoms with Gasteiger partial charge in [0.1, 0.15) is 41.2 Å². The van der Waals surface area contributed by atoms with Crippen molar-refractivity contribution in [3.05, 3.63) is 94.4 Å². The van der Waals surface area contributed by atoms with E-state index in [1.165, 1.54) is 38.3 Å². The van der Waals surface area contributed by atoms with Crippen LogP contribution < -0.4 is 47.5 Å². The Morgan fingerprint density at radius 1 is 0.718 bits per heavy atom. The summed E-state index contributed by atoms with van der Waals surface area (Å²) in [5.41, 5.74) is 13.3. The second kappa shape index (κ2) is 27.3. The molecule has 4 aromatic heterocycles. The average molecular weight is 1180 g/mol. The van der Waals surface area contributed by atoms with Crippen LogP contribution in [0.25, 0.3) is 22.1 Å². The first-order valence-electron chi connectivity index (χ1n) is 26.3. The second-order valence-electron chi connectivity index (χ2n) is 18.8. The number of carboxylic acids is 1. The van der Waals surface area contributed by atoms with Gasteiger partial charge in [0.15, 0.2) is 11.8 Å². The van der Waals surface area contributed by atoms with Crippen molar-refractivity contribution in [1.29, 1.82) is 0 Å². The highest BCUT2D eigenvalue weighted by molar-refractivity contribution is 6.14. The Hall–Kier alpha value is -10.8. The van der Waals surface area contributed by atoms with Gasteiger partial charge in [-0.3, -0.25) is 63.5 Å². The number of amides is 9. The Balaban J connectivity index is 1.06. The Morgan fingerprint density at radius 3 is 1.73 bits per heavy atom. The predicted molar refractivity (Wildman–Crippen MR) is 296 cm³/mol. The molecule has 31 nitrogen and oxygen atoms in total. The number of ether oxygens (including phenoxy) is 3. The number of carboxylic acid groups (broad SMARTS) is 1. The summed E-state index contributed by atoms with van der Waals surface area (Å²) < 4.78 is 31.7. The number of fused-ring (bicyclic) bond motifs is 2. The molecule has 448 valence electrons. The van der Waals surface area contributed by atoms with E-state index in [2.05, 4.69) is 46.5 Å². The molecule has 10 N–H and O–H groups in total. The molecule has 0 spiro atoms. The highest BCUT2D eigenvalue weighted by Gasteiger charge is 2.30. The van der Waals surface area contributed by atoms with E-state index < -0.39 is 103 Å². The summed E-state index contributed by atoms with van der Waals surface area (Å²) in [5.74, 6) is -8.64. The summed E-state index contributed by atoms with van der Waals surface area (Å²) in [5, 5.41) is 21.6. The lowest BCUT2D eigenvalue weighted by molar-refractivity contribution is -0.147. The molecule has 2 atom stereocenters. The van der Waals surface area contributed by atoms with Gasteiger partial charge in [-0.15, -0.1) is 0 Å². The molecule has 7 rings (SSSR count). The van der Waals surface area contributed by atoms with Gasteiger partial charge in [-0.1, -0.05) is 26.0 Å². The Kier molecular flexibility index (Phi) is 19.9. The summed E-state index contributed by atoms with van der Waals surface area (Å²) in [6.07, 6.45) is 5.16. The quantitative estimate of drug-likeness (QED) is 0.0142. The average Bonchev–Trinajstić information content (AvgIpc) is 1.87. The SMILES string of the molecule is CCc1nc(C)oc1C(=O)Nc1nc2cc(C(N)=O)cc(OC)c2n1C/C=C/Cn1c(NC(=O)c2oc(C)nc2CC)nc2cc(C(N)=O)cc(OCCCOC(=O)[C@@H](C)NC(=O)CNC(=O)C(CCC(=O)O)NC(=O)CN3C(=O)C=CC3=O)c21. The van der Waals surface area contributed by atoms with Gasteiger partial charge in [-0.05, 0) is 50.5 Å². The van der Waals surface area contributed by atoms with Crippen LogP contribution in [-0.2, 0) is 64.2 Å². The number of imidazole rings is 2. The molecule has 0 fully saturated rings. The number of methoxy groups -OCH3 is 1. The van der Waals surface area contributed by atoms with E-state index in [1.807, 2.05) is 6.92 Å². The van der Waals surface area contributed by atoms with E-state index in [0.29, 0.717) is 34.6 Å². The summed E-state index contributed by atoms with van der Waals surface area (Å²) in [7, 11) is 1.39. The Morgan fingerprint density at radius 2 is 1.24 bits per heavy atom. The Bertz CT molecular complexity index is 3700. The van der Waals surface area contributed by atoms with Gasteiger partial charge in [0.25, 0.3) is 23.6 Å². The van der Waals surface area contributed by atoms with Crippen LogP contribution in [0.2, 0.25) is 0 Å². The van der Waals surface area contributed by atoms with Crippen molar-refractivity contribution in [1.82, 2.24) is 49.9 Å². The number of allylic oxidation sites excluding steroid dienone is 2. The highest BCUT2D eigenvalue weighted by Crippen LogP contribution is 2.33. The van der Waals surface area contributed by atoms with Crippen molar-refractivity contribution in [2.45, 2.75) is 91.9 Å². The number of benzene rings is 2. The van der Waals surface area contributed by atoms with E-state index in [-0.39, 0.29) is 107 Å². The zero-order valence-electron chi connectivity index (χ0n) is 46.8. The van der Waals surface area contributed by atoms with Crippen LogP contribution in [0.5, 0.6) is 11.5 Å². The number of nitrogens with two attached hydrogens (primary N) is 2. The number of aryl methyl sites for hydroxylation is 4. The normalized spacial score (nSPS) is 12.8. The maximum Gasteiger partial charge on any atom is 0.328 e. The number of carbonyl (C=O) groups excluding carboxylic acids is 10. The van der Waals surface area contributed by atoms with E-state index in [4.69, 9.17) is 39.6 Å². The molecule has 1 aliphatic rings. The molecule has 0 radical (unpaired) electrons. The number of aliphatic carboxylic acids is 1. The fraction of sp³-hybridized carbons (Fsp3) is 0.352. The van der Waals surface area contributed by atoms with E-state index in [9.17, 15) is 52.7 Å². The van der Waals surface area contributed by atoms with Crippen molar-refractivity contribution in [3.63, 3.8) is 0 Å². The van der Waals surface area contributed by atoms with E-state index >= 15 is 0 Å². The molecule has 0 aliphatic carbocycles. The lowest BCUT2D eigenvalue weighted by Crippen LogP contribution is -2.52. The molecule has 2 aromatic carbocycles. The monoisotopic (exact) mass is 1180 g/mol. The summed E-state index contributed by atoms with van der Waals surface area (Å²) >= 11 is 0. The van der Waals surface area contributed by atoms with Crippen LogP contribution in [-0.4, -0.2) is 150 Å². The van der Waals surface area contributed by atoms with Gasteiger partial charge in [0, 0.05) is 63.1 Å². The maximum absolute atomic E-state index is 13.9. The van der Waals surface area contributed by atoms with Gasteiger partial charge >= 0.3 is 11.9 Å². The van der Waals surface area contributed by atoms with Crippen molar-refractivity contribution in [3.8, 4) is 11.5 Å². The minimum atomic E-state index is -1.48. The highest BCUT2D eigenvalue weighted by atomic mass is 16.5. The molecule has 0 saturated heterocycles. The molecule has 6 aromatic rings. The van der Waals surface area contributed by atoms with Crippen molar-refractivity contribution in [2.75, 3.05) is 44.0 Å². The van der Waals surface area contributed by atoms with Crippen LogP contribution in [0.3, 0.4) is 0 Å². The number of aromatic nitrogens is 6. The first-order valence-corrected chi connectivity index (χ1v) is 26.3. The first kappa shape index (κ1) is 61.9.